The highest BCUT2D eigenvalue weighted by Gasteiger charge is 2.39. The zero-order valence-electron chi connectivity index (χ0n) is 18.6. The molecule has 1 amide bonds. The Hall–Kier alpha value is -1.99. The van der Waals surface area contributed by atoms with E-state index in [0.29, 0.717) is 25.8 Å². The van der Waals surface area contributed by atoms with Crippen LogP contribution in [0, 0.1) is 0 Å². The number of carbonyl (C=O) groups excluding carboxylic acids is 2. The smallest absolute Gasteiger partial charge is 0.306 e. The summed E-state index contributed by atoms with van der Waals surface area (Å²) < 4.78 is 34.2. The van der Waals surface area contributed by atoms with E-state index in [0.717, 1.165) is 37.8 Å². The van der Waals surface area contributed by atoms with Crippen molar-refractivity contribution in [2.45, 2.75) is 83.0 Å². The van der Waals surface area contributed by atoms with Gasteiger partial charge in [-0.25, -0.2) is 0 Å². The van der Waals surface area contributed by atoms with Gasteiger partial charge in [-0.15, -0.1) is 0 Å². The van der Waals surface area contributed by atoms with E-state index in [9.17, 15) is 23.5 Å². The van der Waals surface area contributed by atoms with Gasteiger partial charge in [-0.05, 0) is 45.2 Å². The van der Waals surface area contributed by atoms with Crippen LogP contribution < -0.4 is 0 Å². The van der Waals surface area contributed by atoms with E-state index < -0.39 is 12.0 Å². The van der Waals surface area contributed by atoms with E-state index in [1.54, 1.807) is 4.90 Å². The SMILES string of the molecule is CC(C)OC(=O)CCCCCCN1C(=O)CC[C@@H]1C=C[C@@H](O)C(F)(F)c1cccc(Cl)c1. The van der Waals surface area contributed by atoms with E-state index in [1.165, 1.54) is 24.3 Å². The van der Waals surface area contributed by atoms with Crippen LogP contribution in [0.3, 0.4) is 0 Å². The summed E-state index contributed by atoms with van der Waals surface area (Å²) in [5.41, 5.74) is -0.362. The number of alkyl halides is 2. The van der Waals surface area contributed by atoms with Crippen molar-refractivity contribution >= 4 is 23.5 Å². The molecule has 0 aliphatic carbocycles. The molecule has 0 saturated carbocycles. The number of amides is 1. The Labute approximate surface area is 193 Å². The maximum atomic E-state index is 14.6. The third kappa shape index (κ3) is 7.85. The number of hydrogen-bond donors (Lipinski definition) is 1. The van der Waals surface area contributed by atoms with Crippen molar-refractivity contribution in [1.82, 2.24) is 4.90 Å². The number of aliphatic hydroxyl groups excluding tert-OH is 1. The van der Waals surface area contributed by atoms with Crippen LogP contribution in [0.4, 0.5) is 8.78 Å². The molecule has 1 N–H and O–H groups in total. The maximum absolute atomic E-state index is 14.6. The van der Waals surface area contributed by atoms with Crippen molar-refractivity contribution in [2.24, 2.45) is 0 Å². The lowest BCUT2D eigenvalue weighted by Crippen LogP contribution is -2.34. The van der Waals surface area contributed by atoms with Crippen LogP contribution in [0.25, 0.3) is 0 Å². The second-order valence-electron chi connectivity index (χ2n) is 8.36. The topological polar surface area (TPSA) is 66.8 Å². The molecule has 1 aliphatic rings. The van der Waals surface area contributed by atoms with Crippen molar-refractivity contribution in [3.8, 4) is 0 Å². The monoisotopic (exact) mass is 471 g/mol. The molecule has 0 bridgehead atoms. The molecule has 5 nitrogen and oxygen atoms in total. The quantitative estimate of drug-likeness (QED) is 0.257. The number of likely N-dealkylation sites (tertiary alicyclic amines) is 1. The lowest BCUT2D eigenvalue weighted by molar-refractivity contribution is -0.147. The van der Waals surface area contributed by atoms with Crippen molar-refractivity contribution in [1.29, 1.82) is 0 Å². The second-order valence-corrected chi connectivity index (χ2v) is 8.80. The number of unbranched alkanes of at least 4 members (excludes halogenated alkanes) is 3. The minimum atomic E-state index is -3.49. The van der Waals surface area contributed by atoms with E-state index in [2.05, 4.69) is 0 Å². The van der Waals surface area contributed by atoms with Crippen LogP contribution >= 0.6 is 11.6 Å². The number of rotatable bonds is 12. The minimum Gasteiger partial charge on any atom is -0.463 e. The Morgan fingerprint density at radius 3 is 2.72 bits per heavy atom. The van der Waals surface area contributed by atoms with Gasteiger partial charge in [-0.1, -0.05) is 48.7 Å². The molecule has 2 atom stereocenters. The highest BCUT2D eigenvalue weighted by Crippen LogP contribution is 2.34. The first-order valence-electron chi connectivity index (χ1n) is 11.1. The molecule has 1 aliphatic heterocycles. The minimum absolute atomic E-state index is 0.0174. The fraction of sp³-hybridized carbons (Fsp3) is 0.583. The van der Waals surface area contributed by atoms with Crippen LogP contribution in [0.2, 0.25) is 5.02 Å². The van der Waals surface area contributed by atoms with Gasteiger partial charge < -0.3 is 14.7 Å². The predicted molar refractivity (Wildman–Crippen MR) is 120 cm³/mol. The standard InChI is InChI=1S/C24H32ClF2NO4/c1-17(2)32-23(31)10-5-3-4-6-15-28-20(12-14-22(28)30)11-13-21(29)24(26,27)18-8-7-9-19(25)16-18/h7-9,11,13,16-17,20-21,29H,3-6,10,12,14-15H2,1-2H3/t20-,21+/m0/s1. The van der Waals surface area contributed by atoms with E-state index in [4.69, 9.17) is 16.3 Å². The Morgan fingerprint density at radius 2 is 2.03 bits per heavy atom. The first-order valence-corrected chi connectivity index (χ1v) is 11.5. The summed E-state index contributed by atoms with van der Waals surface area (Å²) in [6.45, 7) is 4.14. The van der Waals surface area contributed by atoms with Crippen LogP contribution in [0.5, 0.6) is 0 Å². The molecule has 32 heavy (non-hydrogen) atoms. The van der Waals surface area contributed by atoms with Crippen LogP contribution in [0.1, 0.15) is 64.4 Å². The summed E-state index contributed by atoms with van der Waals surface area (Å²) in [4.78, 5) is 25.4. The van der Waals surface area contributed by atoms with Gasteiger partial charge >= 0.3 is 11.9 Å². The molecule has 178 valence electrons. The summed E-state index contributed by atoms with van der Waals surface area (Å²) in [7, 11) is 0. The third-order valence-electron chi connectivity index (χ3n) is 5.37. The molecule has 2 rings (SSSR count). The number of carbonyl (C=O) groups is 2. The first kappa shape index (κ1) is 26.3. The van der Waals surface area contributed by atoms with E-state index in [1.807, 2.05) is 13.8 Å². The van der Waals surface area contributed by atoms with Gasteiger partial charge in [0.15, 0.2) is 0 Å². The number of ether oxygens (including phenoxy) is 1. The molecule has 1 fully saturated rings. The first-order chi connectivity index (χ1) is 15.1. The Bertz CT molecular complexity index is 800. The zero-order chi connectivity index (χ0) is 23.7. The molecule has 0 spiro atoms. The molecule has 0 radical (unpaired) electrons. The van der Waals surface area contributed by atoms with Crippen LogP contribution in [-0.4, -0.2) is 46.7 Å². The number of benzene rings is 1. The normalized spacial score (nSPS) is 18.0. The Kier molecular flexibility index (Phi) is 10.1. The zero-order valence-corrected chi connectivity index (χ0v) is 19.4. The summed E-state index contributed by atoms with van der Waals surface area (Å²) in [5, 5.41) is 10.3. The van der Waals surface area contributed by atoms with Gasteiger partial charge in [0.25, 0.3) is 0 Å². The van der Waals surface area contributed by atoms with Crippen molar-refractivity contribution in [2.75, 3.05) is 6.54 Å². The molecule has 1 saturated heterocycles. The van der Waals surface area contributed by atoms with Crippen molar-refractivity contribution in [3.05, 3.63) is 47.0 Å². The lowest BCUT2D eigenvalue weighted by Gasteiger charge is -2.24. The molecular weight excluding hydrogens is 440 g/mol. The molecule has 1 aromatic rings. The fourth-order valence-corrected chi connectivity index (χ4v) is 3.88. The predicted octanol–water partition coefficient (Wildman–Crippen LogP) is 5.24. The summed E-state index contributed by atoms with van der Waals surface area (Å²) >= 11 is 5.79. The fourth-order valence-electron chi connectivity index (χ4n) is 3.69. The molecule has 0 aromatic heterocycles. The van der Waals surface area contributed by atoms with E-state index >= 15 is 0 Å². The average molecular weight is 472 g/mol. The number of aliphatic hydroxyl groups is 1. The lowest BCUT2D eigenvalue weighted by atomic mass is 10.0. The van der Waals surface area contributed by atoms with E-state index in [-0.39, 0.29) is 34.6 Å². The molecule has 1 aromatic carbocycles. The third-order valence-corrected chi connectivity index (χ3v) is 5.60. The Balaban J connectivity index is 1.81. The summed E-state index contributed by atoms with van der Waals surface area (Å²) in [6.07, 6.45) is 4.89. The highest BCUT2D eigenvalue weighted by atomic mass is 35.5. The second kappa shape index (κ2) is 12.3. The number of halogens is 3. The summed E-state index contributed by atoms with van der Waals surface area (Å²) in [5.74, 6) is -3.71. The molecule has 8 heteroatoms. The Morgan fingerprint density at radius 1 is 1.31 bits per heavy atom. The van der Waals surface area contributed by atoms with Gasteiger partial charge in [-0.2, -0.15) is 8.78 Å². The van der Waals surface area contributed by atoms with Crippen molar-refractivity contribution in [3.63, 3.8) is 0 Å². The molecule has 1 heterocycles. The van der Waals surface area contributed by atoms with Gasteiger partial charge in [0.1, 0.15) is 6.10 Å². The van der Waals surface area contributed by atoms with Crippen LogP contribution in [-0.2, 0) is 20.2 Å². The maximum Gasteiger partial charge on any atom is 0.306 e. The van der Waals surface area contributed by atoms with Gasteiger partial charge in [0.2, 0.25) is 5.91 Å². The number of hydrogen-bond acceptors (Lipinski definition) is 4. The van der Waals surface area contributed by atoms with Gasteiger partial charge in [-0.3, -0.25) is 9.59 Å². The number of esters is 1. The summed E-state index contributed by atoms with van der Waals surface area (Å²) in [6, 6.07) is 4.94. The van der Waals surface area contributed by atoms with Crippen LogP contribution in [0.15, 0.2) is 36.4 Å². The largest absolute Gasteiger partial charge is 0.463 e. The number of nitrogens with zero attached hydrogens (tertiary/aromatic N) is 1. The van der Waals surface area contributed by atoms with Crippen molar-refractivity contribution < 1.29 is 28.2 Å². The average Bonchev–Trinajstić information content (AvgIpc) is 3.07. The highest BCUT2D eigenvalue weighted by molar-refractivity contribution is 6.30. The molecule has 0 unspecified atom stereocenters. The van der Waals surface area contributed by atoms with Gasteiger partial charge in [0.05, 0.1) is 12.1 Å². The van der Waals surface area contributed by atoms with Gasteiger partial charge in [0, 0.05) is 30.0 Å². The molecular formula is C24H32ClF2NO4.